The largest absolute Gasteiger partial charge is 0.366 e. The van der Waals surface area contributed by atoms with Crippen LogP contribution in [0.3, 0.4) is 0 Å². The molecule has 1 aliphatic rings. The van der Waals surface area contributed by atoms with Gasteiger partial charge in [0, 0.05) is 23.1 Å². The Hall–Kier alpha value is -0.500. The SMILES string of the molecule is CCC1CCC(C)N1c1ccc(CBr)c(C)c1. The van der Waals surface area contributed by atoms with Crippen LogP contribution in [0.4, 0.5) is 5.69 Å². The molecule has 2 unspecified atom stereocenters. The lowest BCUT2D eigenvalue weighted by atomic mass is 10.1. The molecule has 0 N–H and O–H groups in total. The second-order valence-corrected chi connectivity index (χ2v) is 5.70. The zero-order chi connectivity index (χ0) is 12.4. The molecule has 1 heterocycles. The molecule has 2 rings (SSSR count). The molecule has 0 radical (unpaired) electrons. The van der Waals surface area contributed by atoms with Crippen LogP contribution in [0.25, 0.3) is 0 Å². The number of rotatable bonds is 3. The van der Waals surface area contributed by atoms with Crippen molar-refractivity contribution in [1.82, 2.24) is 0 Å². The number of nitrogens with zero attached hydrogens (tertiary/aromatic N) is 1. The minimum absolute atomic E-state index is 0.689. The third-order valence-corrected chi connectivity index (χ3v) is 4.63. The Morgan fingerprint density at radius 3 is 2.71 bits per heavy atom. The van der Waals surface area contributed by atoms with E-state index in [4.69, 9.17) is 0 Å². The molecular weight excluding hydrogens is 274 g/mol. The first-order chi connectivity index (χ1) is 8.17. The summed E-state index contributed by atoms with van der Waals surface area (Å²) >= 11 is 3.54. The Morgan fingerprint density at radius 1 is 1.35 bits per heavy atom. The minimum Gasteiger partial charge on any atom is -0.366 e. The summed E-state index contributed by atoms with van der Waals surface area (Å²) < 4.78 is 0. The number of hydrogen-bond donors (Lipinski definition) is 0. The van der Waals surface area contributed by atoms with Crippen molar-refractivity contribution in [1.29, 1.82) is 0 Å². The van der Waals surface area contributed by atoms with Gasteiger partial charge in [0.15, 0.2) is 0 Å². The van der Waals surface area contributed by atoms with Crippen molar-refractivity contribution in [3.05, 3.63) is 29.3 Å². The molecule has 0 saturated carbocycles. The van der Waals surface area contributed by atoms with Crippen molar-refractivity contribution in [2.75, 3.05) is 4.90 Å². The third kappa shape index (κ3) is 2.52. The lowest BCUT2D eigenvalue weighted by Gasteiger charge is -2.31. The molecular formula is C15H22BrN. The van der Waals surface area contributed by atoms with Crippen molar-refractivity contribution >= 4 is 21.6 Å². The van der Waals surface area contributed by atoms with E-state index >= 15 is 0 Å². The maximum absolute atomic E-state index is 3.54. The Kier molecular flexibility index (Phi) is 4.13. The van der Waals surface area contributed by atoms with Gasteiger partial charge in [0.2, 0.25) is 0 Å². The maximum atomic E-state index is 3.54. The Balaban J connectivity index is 2.29. The number of aryl methyl sites for hydroxylation is 1. The highest BCUT2D eigenvalue weighted by Crippen LogP contribution is 2.33. The zero-order valence-corrected chi connectivity index (χ0v) is 12.6. The summed E-state index contributed by atoms with van der Waals surface area (Å²) in [7, 11) is 0. The molecule has 0 bridgehead atoms. The second-order valence-electron chi connectivity index (χ2n) is 5.14. The molecule has 1 aromatic carbocycles. The molecule has 0 aliphatic carbocycles. The van der Waals surface area contributed by atoms with E-state index < -0.39 is 0 Å². The molecule has 1 saturated heterocycles. The van der Waals surface area contributed by atoms with Crippen LogP contribution in [0.5, 0.6) is 0 Å². The second kappa shape index (κ2) is 5.43. The predicted octanol–water partition coefficient (Wildman–Crippen LogP) is 4.66. The average molecular weight is 296 g/mol. The lowest BCUT2D eigenvalue weighted by molar-refractivity contribution is 0.628. The van der Waals surface area contributed by atoms with Crippen LogP contribution in [0, 0.1) is 6.92 Å². The molecule has 1 nitrogen and oxygen atoms in total. The van der Waals surface area contributed by atoms with Gasteiger partial charge in [-0.2, -0.15) is 0 Å². The van der Waals surface area contributed by atoms with E-state index in [1.165, 1.54) is 36.1 Å². The first-order valence-corrected chi connectivity index (χ1v) is 7.73. The summed E-state index contributed by atoms with van der Waals surface area (Å²) in [4.78, 5) is 2.62. The van der Waals surface area contributed by atoms with Gasteiger partial charge in [-0.25, -0.2) is 0 Å². The van der Waals surface area contributed by atoms with Gasteiger partial charge in [0.25, 0.3) is 0 Å². The number of hydrogen-bond acceptors (Lipinski definition) is 1. The average Bonchev–Trinajstić information content (AvgIpc) is 2.70. The van der Waals surface area contributed by atoms with E-state index in [0.717, 1.165) is 11.4 Å². The van der Waals surface area contributed by atoms with Crippen molar-refractivity contribution in [2.45, 2.75) is 57.4 Å². The molecule has 0 spiro atoms. The van der Waals surface area contributed by atoms with Gasteiger partial charge < -0.3 is 4.90 Å². The van der Waals surface area contributed by atoms with E-state index in [-0.39, 0.29) is 0 Å². The molecule has 1 aromatic rings. The minimum atomic E-state index is 0.689. The zero-order valence-electron chi connectivity index (χ0n) is 11.0. The quantitative estimate of drug-likeness (QED) is 0.733. The molecule has 1 aliphatic heterocycles. The predicted molar refractivity (Wildman–Crippen MR) is 79.1 cm³/mol. The van der Waals surface area contributed by atoms with Crippen LogP contribution in [-0.4, -0.2) is 12.1 Å². The van der Waals surface area contributed by atoms with Crippen LogP contribution in [0.15, 0.2) is 18.2 Å². The normalized spacial score (nSPS) is 24.4. The Bertz CT molecular complexity index is 389. The van der Waals surface area contributed by atoms with E-state index in [9.17, 15) is 0 Å². The van der Waals surface area contributed by atoms with Gasteiger partial charge in [-0.15, -0.1) is 0 Å². The summed E-state index contributed by atoms with van der Waals surface area (Å²) in [6.45, 7) is 6.86. The first-order valence-electron chi connectivity index (χ1n) is 6.61. The van der Waals surface area contributed by atoms with Crippen LogP contribution in [0.1, 0.15) is 44.2 Å². The van der Waals surface area contributed by atoms with E-state index in [1.807, 2.05) is 0 Å². The van der Waals surface area contributed by atoms with Gasteiger partial charge in [-0.05, 0) is 56.4 Å². The molecule has 0 aromatic heterocycles. The van der Waals surface area contributed by atoms with E-state index in [1.54, 1.807) is 0 Å². The number of benzene rings is 1. The maximum Gasteiger partial charge on any atom is 0.0373 e. The molecule has 17 heavy (non-hydrogen) atoms. The van der Waals surface area contributed by atoms with Crippen molar-refractivity contribution < 1.29 is 0 Å². The van der Waals surface area contributed by atoms with Crippen LogP contribution < -0.4 is 4.90 Å². The number of anilines is 1. The smallest absolute Gasteiger partial charge is 0.0373 e. The van der Waals surface area contributed by atoms with E-state index in [0.29, 0.717) is 6.04 Å². The Labute approximate surface area is 113 Å². The standard InChI is InChI=1S/C15H22BrN/c1-4-14-7-5-12(3)17(14)15-8-6-13(10-16)11(2)9-15/h6,8-9,12,14H,4-5,7,10H2,1-3H3. The fourth-order valence-corrected chi connectivity index (χ4v) is 3.56. The number of halogens is 1. The van der Waals surface area contributed by atoms with Crippen molar-refractivity contribution in [3.63, 3.8) is 0 Å². The molecule has 1 fully saturated rings. The monoisotopic (exact) mass is 295 g/mol. The topological polar surface area (TPSA) is 3.24 Å². The molecule has 2 heteroatoms. The van der Waals surface area contributed by atoms with Gasteiger partial charge in [-0.1, -0.05) is 28.9 Å². The summed E-state index contributed by atoms with van der Waals surface area (Å²) in [5, 5.41) is 0.950. The van der Waals surface area contributed by atoms with Crippen molar-refractivity contribution in [2.24, 2.45) is 0 Å². The van der Waals surface area contributed by atoms with Crippen LogP contribution in [-0.2, 0) is 5.33 Å². The first kappa shape index (κ1) is 12.9. The van der Waals surface area contributed by atoms with Crippen molar-refractivity contribution in [3.8, 4) is 0 Å². The summed E-state index contributed by atoms with van der Waals surface area (Å²) in [5.74, 6) is 0. The highest BCUT2D eigenvalue weighted by atomic mass is 79.9. The van der Waals surface area contributed by atoms with Crippen LogP contribution in [0.2, 0.25) is 0 Å². The third-order valence-electron chi connectivity index (χ3n) is 4.03. The van der Waals surface area contributed by atoms with Crippen LogP contribution >= 0.6 is 15.9 Å². The number of alkyl halides is 1. The van der Waals surface area contributed by atoms with Gasteiger partial charge in [0.05, 0.1) is 0 Å². The summed E-state index contributed by atoms with van der Waals surface area (Å²) in [6, 6.07) is 8.32. The highest BCUT2D eigenvalue weighted by Gasteiger charge is 2.29. The molecule has 94 valence electrons. The highest BCUT2D eigenvalue weighted by molar-refractivity contribution is 9.08. The van der Waals surface area contributed by atoms with Gasteiger partial charge in [-0.3, -0.25) is 0 Å². The van der Waals surface area contributed by atoms with E-state index in [2.05, 4.69) is 59.8 Å². The Morgan fingerprint density at radius 2 is 2.12 bits per heavy atom. The fourth-order valence-electron chi connectivity index (χ4n) is 2.93. The molecule has 0 amide bonds. The summed E-state index contributed by atoms with van der Waals surface area (Å²) in [6.07, 6.45) is 3.93. The fraction of sp³-hybridized carbons (Fsp3) is 0.600. The van der Waals surface area contributed by atoms with Gasteiger partial charge >= 0.3 is 0 Å². The lowest BCUT2D eigenvalue weighted by Crippen LogP contribution is -2.34. The van der Waals surface area contributed by atoms with Gasteiger partial charge in [0.1, 0.15) is 0 Å². The molecule has 2 atom stereocenters. The summed E-state index contributed by atoms with van der Waals surface area (Å²) in [5.41, 5.74) is 4.20.